The van der Waals surface area contributed by atoms with Gasteiger partial charge in [-0.2, -0.15) is 0 Å². The van der Waals surface area contributed by atoms with E-state index in [1.807, 2.05) is 0 Å². The number of benzene rings is 1. The molecule has 1 aliphatic rings. The molecule has 2 rings (SSSR count). The Balaban J connectivity index is 2.61. The van der Waals surface area contributed by atoms with Crippen molar-refractivity contribution in [3.05, 3.63) is 42.0 Å². The summed E-state index contributed by atoms with van der Waals surface area (Å²) in [5.74, 6) is 0. The fourth-order valence-electron chi connectivity index (χ4n) is 1.16. The van der Waals surface area contributed by atoms with E-state index in [9.17, 15) is 0 Å². The van der Waals surface area contributed by atoms with Gasteiger partial charge in [-0.05, 0) is 0 Å². The second-order valence-electron chi connectivity index (χ2n) is 2.37. The molecule has 0 aromatic heterocycles. The maximum absolute atomic E-state index is 4.05. The monoisotopic (exact) mass is 246 g/mol. The van der Waals surface area contributed by atoms with Crippen LogP contribution in [-0.2, 0) is 4.47 Å². The topological polar surface area (TPSA) is 0 Å². The van der Waals surface area contributed by atoms with Crippen molar-refractivity contribution in [1.29, 1.82) is 0 Å². The van der Waals surface area contributed by atoms with Crippen molar-refractivity contribution in [3.8, 4) is 0 Å². The second kappa shape index (κ2) is 2.42. The number of fused-ring (bicyclic) bond motifs is 1. The van der Waals surface area contributed by atoms with Gasteiger partial charge in [0, 0.05) is 0 Å². The molecule has 0 saturated heterocycles. The molecule has 1 aliphatic heterocycles. The van der Waals surface area contributed by atoms with Crippen LogP contribution in [0.3, 0.4) is 0 Å². The van der Waals surface area contributed by atoms with Gasteiger partial charge in [-0.1, -0.05) is 0 Å². The average molecular weight is 244 g/mol. The molecule has 10 heavy (non-hydrogen) atoms. The van der Waals surface area contributed by atoms with Gasteiger partial charge in [0.25, 0.3) is 0 Å². The van der Waals surface area contributed by atoms with Crippen molar-refractivity contribution in [1.82, 2.24) is 0 Å². The van der Waals surface area contributed by atoms with Crippen LogP contribution in [0.1, 0.15) is 11.1 Å². The second-order valence-corrected chi connectivity index (χ2v) is 5.42. The van der Waals surface area contributed by atoms with Crippen LogP contribution in [0.2, 0.25) is 0 Å². The van der Waals surface area contributed by atoms with Crippen LogP contribution in [0.25, 0.3) is 3.62 Å². The fourth-order valence-corrected chi connectivity index (χ4v) is 3.83. The third-order valence-corrected chi connectivity index (χ3v) is 4.64. The van der Waals surface area contributed by atoms with Crippen molar-refractivity contribution < 1.29 is 0 Å². The van der Waals surface area contributed by atoms with Crippen molar-refractivity contribution in [2.45, 2.75) is 4.47 Å². The fraction of sp³-hybridized carbons (Fsp3) is 0.111. The Kier molecular flexibility index (Phi) is 1.56. The van der Waals surface area contributed by atoms with Crippen LogP contribution in [0.15, 0.2) is 30.8 Å². The van der Waals surface area contributed by atoms with Crippen LogP contribution in [0.4, 0.5) is 0 Å². The zero-order chi connectivity index (χ0) is 6.97. The summed E-state index contributed by atoms with van der Waals surface area (Å²) in [5.41, 5.74) is 2.96. The molecule has 0 N–H and O–H groups in total. The van der Waals surface area contributed by atoms with Crippen LogP contribution in [0, 0.1) is 0 Å². The third-order valence-electron chi connectivity index (χ3n) is 1.72. The summed E-state index contributed by atoms with van der Waals surface area (Å²) in [6.45, 7) is 4.05. The Labute approximate surface area is 71.0 Å². The van der Waals surface area contributed by atoms with Crippen molar-refractivity contribution in [2.24, 2.45) is 0 Å². The van der Waals surface area contributed by atoms with E-state index in [0.29, 0.717) is 0 Å². The van der Waals surface area contributed by atoms with E-state index in [1.54, 1.807) is 0 Å². The van der Waals surface area contributed by atoms with Gasteiger partial charge >= 0.3 is 71.0 Å². The van der Waals surface area contributed by atoms with Crippen LogP contribution in [-0.4, -0.2) is 20.9 Å². The van der Waals surface area contributed by atoms with E-state index in [2.05, 4.69) is 30.8 Å². The van der Waals surface area contributed by atoms with Crippen LogP contribution in [0.5, 0.6) is 0 Å². The van der Waals surface area contributed by atoms with E-state index in [4.69, 9.17) is 0 Å². The van der Waals surface area contributed by atoms with Gasteiger partial charge in [-0.25, -0.2) is 0 Å². The first-order valence-electron chi connectivity index (χ1n) is 3.28. The first kappa shape index (κ1) is 6.46. The van der Waals surface area contributed by atoms with Gasteiger partial charge in [0.1, 0.15) is 0 Å². The normalized spacial score (nSPS) is 15.4. The summed E-state index contributed by atoms with van der Waals surface area (Å²) < 4.78 is 2.75. The molecular formula is C9H8Te. The Hall–Kier alpha value is -0.250. The molecule has 0 fully saturated rings. The van der Waals surface area contributed by atoms with E-state index in [1.165, 1.54) is 19.2 Å². The molecule has 0 unspecified atom stereocenters. The van der Waals surface area contributed by atoms with Crippen LogP contribution < -0.4 is 0 Å². The number of hydrogen-bond donors (Lipinski definition) is 0. The van der Waals surface area contributed by atoms with Gasteiger partial charge in [0.05, 0.1) is 0 Å². The van der Waals surface area contributed by atoms with Gasteiger partial charge in [0.15, 0.2) is 0 Å². The molecule has 1 aromatic carbocycles. The molecule has 0 amide bonds. The van der Waals surface area contributed by atoms with Crippen molar-refractivity contribution in [3.63, 3.8) is 0 Å². The SMILES string of the molecule is C=C1[Te]Cc2ccccc21. The first-order valence-corrected chi connectivity index (χ1v) is 6.09. The van der Waals surface area contributed by atoms with Crippen molar-refractivity contribution >= 4 is 24.5 Å². The molecule has 1 aromatic rings. The van der Waals surface area contributed by atoms with E-state index >= 15 is 0 Å². The molecule has 1 heteroatoms. The zero-order valence-electron chi connectivity index (χ0n) is 5.63. The predicted octanol–water partition coefficient (Wildman–Crippen LogP) is 1.88. The molecular weight excluding hydrogens is 236 g/mol. The van der Waals surface area contributed by atoms with Crippen molar-refractivity contribution in [2.75, 3.05) is 0 Å². The van der Waals surface area contributed by atoms with Gasteiger partial charge in [-0.3, -0.25) is 0 Å². The van der Waals surface area contributed by atoms with E-state index in [0.717, 1.165) is 0 Å². The Bertz CT molecular complexity index is 276. The summed E-state index contributed by atoms with van der Waals surface area (Å²) in [6, 6.07) is 8.63. The number of hydrogen-bond acceptors (Lipinski definition) is 0. The summed E-state index contributed by atoms with van der Waals surface area (Å²) in [7, 11) is 0. The minimum atomic E-state index is 0.0922. The third kappa shape index (κ3) is 0.905. The quantitative estimate of drug-likeness (QED) is 0.611. The number of rotatable bonds is 0. The van der Waals surface area contributed by atoms with E-state index < -0.39 is 0 Å². The average Bonchev–Trinajstić information content (AvgIpc) is 2.34. The molecule has 0 bridgehead atoms. The molecule has 0 aliphatic carbocycles. The first-order chi connectivity index (χ1) is 4.88. The zero-order valence-corrected chi connectivity index (χ0v) is 7.96. The van der Waals surface area contributed by atoms with Gasteiger partial charge in [0.2, 0.25) is 0 Å². The summed E-state index contributed by atoms with van der Waals surface area (Å²) in [4.78, 5) is 0. The molecule has 0 saturated carbocycles. The molecule has 0 nitrogen and oxygen atoms in total. The Morgan fingerprint density at radius 1 is 1.30 bits per heavy atom. The van der Waals surface area contributed by atoms with Gasteiger partial charge in [-0.15, -0.1) is 0 Å². The molecule has 0 spiro atoms. The Morgan fingerprint density at radius 2 is 2.10 bits per heavy atom. The maximum atomic E-state index is 4.05. The molecule has 0 atom stereocenters. The Morgan fingerprint density at radius 3 is 2.90 bits per heavy atom. The summed E-state index contributed by atoms with van der Waals surface area (Å²) >= 11 is 0.0922. The minimum absolute atomic E-state index is 0.0922. The summed E-state index contributed by atoms with van der Waals surface area (Å²) in [5, 5.41) is 0. The summed E-state index contributed by atoms with van der Waals surface area (Å²) in [6.07, 6.45) is 0. The predicted molar refractivity (Wildman–Crippen MR) is 44.9 cm³/mol. The molecule has 0 radical (unpaired) electrons. The van der Waals surface area contributed by atoms with Gasteiger partial charge < -0.3 is 0 Å². The molecule has 1 heterocycles. The standard InChI is InChI=1S/C9H8Te/c1-7-9-5-3-2-4-8(9)6-10-7/h2-5H,1,6H2. The van der Waals surface area contributed by atoms with Crippen LogP contribution >= 0.6 is 0 Å². The molecule has 50 valence electrons. The van der Waals surface area contributed by atoms with E-state index in [-0.39, 0.29) is 20.9 Å².